The highest BCUT2D eigenvalue weighted by atomic mass is 79.9. The van der Waals surface area contributed by atoms with E-state index in [1.54, 1.807) is 4.90 Å². The van der Waals surface area contributed by atoms with Gasteiger partial charge in [0, 0.05) is 30.6 Å². The first-order valence-electron chi connectivity index (χ1n) is 9.92. The molecule has 31 heavy (non-hydrogen) atoms. The Balaban J connectivity index is 2.47. The summed E-state index contributed by atoms with van der Waals surface area (Å²) in [5.74, 6) is -0.462. The smallest absolute Gasteiger partial charge is 0.270 e. The van der Waals surface area contributed by atoms with Gasteiger partial charge in [0.2, 0.25) is 0 Å². The molecule has 1 saturated heterocycles. The molecule has 1 aliphatic rings. The highest BCUT2D eigenvalue weighted by molar-refractivity contribution is 9.09. The molecular formula is C18H28BrN3O7S2. The molecule has 1 unspecified atom stereocenters. The van der Waals surface area contributed by atoms with Crippen LogP contribution < -0.4 is 4.90 Å². The van der Waals surface area contributed by atoms with Gasteiger partial charge >= 0.3 is 0 Å². The van der Waals surface area contributed by atoms with Gasteiger partial charge in [-0.15, -0.1) is 0 Å². The predicted molar refractivity (Wildman–Crippen MR) is 122 cm³/mol. The number of anilines is 1. The molecule has 1 heterocycles. The molecule has 0 amide bonds. The molecule has 0 spiro atoms. The lowest BCUT2D eigenvalue weighted by Gasteiger charge is -2.27. The van der Waals surface area contributed by atoms with Crippen molar-refractivity contribution in [3.8, 4) is 0 Å². The minimum Gasteiger partial charge on any atom is -0.370 e. The summed E-state index contributed by atoms with van der Waals surface area (Å²) in [5.41, 5.74) is -0.0113. The summed E-state index contributed by atoms with van der Waals surface area (Å²) in [6, 6.07) is 3.76. The molecule has 13 heteroatoms. The Morgan fingerprint density at radius 3 is 2.55 bits per heavy atom. The van der Waals surface area contributed by atoms with E-state index in [9.17, 15) is 26.9 Å². The van der Waals surface area contributed by atoms with Crippen molar-refractivity contribution in [1.82, 2.24) is 4.90 Å². The maximum atomic E-state index is 13.6. The fourth-order valence-corrected chi connectivity index (χ4v) is 6.64. The second-order valence-electron chi connectivity index (χ2n) is 7.63. The zero-order valence-corrected chi connectivity index (χ0v) is 20.5. The highest BCUT2D eigenvalue weighted by Gasteiger charge is 2.33. The van der Waals surface area contributed by atoms with Gasteiger partial charge in [0.05, 0.1) is 26.5 Å². The van der Waals surface area contributed by atoms with Gasteiger partial charge in [0.25, 0.3) is 15.8 Å². The van der Waals surface area contributed by atoms with Crippen LogP contribution in [-0.4, -0.2) is 80.8 Å². The van der Waals surface area contributed by atoms with Crippen molar-refractivity contribution >= 4 is 47.3 Å². The third kappa shape index (κ3) is 7.38. The average molecular weight is 542 g/mol. The summed E-state index contributed by atoms with van der Waals surface area (Å²) in [4.78, 5) is 14.3. The number of likely N-dealkylation sites (tertiary alicyclic amines) is 1. The van der Waals surface area contributed by atoms with E-state index in [-0.39, 0.29) is 23.5 Å². The summed E-state index contributed by atoms with van der Waals surface area (Å²) < 4.78 is 58.3. The minimum atomic E-state index is -4.15. The molecule has 0 bridgehead atoms. The topological polar surface area (TPSA) is 138 Å². The van der Waals surface area contributed by atoms with Crippen molar-refractivity contribution < 1.29 is 26.3 Å². The van der Waals surface area contributed by atoms with Crippen LogP contribution in [-0.2, 0) is 20.0 Å². The molecule has 0 saturated carbocycles. The van der Waals surface area contributed by atoms with Crippen molar-refractivity contribution in [2.24, 2.45) is 0 Å². The van der Waals surface area contributed by atoms with Crippen molar-refractivity contribution in [3.63, 3.8) is 0 Å². The summed E-state index contributed by atoms with van der Waals surface area (Å²) in [5, 5.41) is 11.2. The van der Waals surface area contributed by atoms with E-state index in [0.717, 1.165) is 12.6 Å². The van der Waals surface area contributed by atoms with Gasteiger partial charge in [-0.1, -0.05) is 15.9 Å². The number of non-ortho nitro benzene ring substituents is 1. The maximum Gasteiger partial charge on any atom is 0.270 e. The van der Waals surface area contributed by atoms with Crippen LogP contribution in [0.3, 0.4) is 0 Å². The number of halogens is 1. The number of benzene rings is 1. The van der Waals surface area contributed by atoms with Gasteiger partial charge in [-0.25, -0.2) is 8.42 Å². The third-order valence-electron chi connectivity index (χ3n) is 5.32. The summed E-state index contributed by atoms with van der Waals surface area (Å²) >= 11 is 3.31. The summed E-state index contributed by atoms with van der Waals surface area (Å²) in [6.45, 7) is 1.94. The summed E-state index contributed by atoms with van der Waals surface area (Å²) in [7, 11) is -6.09. The Kier molecular flexibility index (Phi) is 9.25. The number of sulfone groups is 1. The van der Waals surface area contributed by atoms with Gasteiger partial charge in [0.15, 0.2) is 9.84 Å². The van der Waals surface area contributed by atoms with Gasteiger partial charge < -0.3 is 9.80 Å². The average Bonchev–Trinajstić information content (AvgIpc) is 2.91. The predicted octanol–water partition coefficient (Wildman–Crippen LogP) is 2.33. The van der Waals surface area contributed by atoms with Crippen LogP contribution in [0.15, 0.2) is 23.1 Å². The monoisotopic (exact) mass is 541 g/mol. The van der Waals surface area contributed by atoms with Crippen LogP contribution in [0.4, 0.5) is 11.4 Å². The quantitative estimate of drug-likeness (QED) is 0.204. The van der Waals surface area contributed by atoms with Crippen LogP contribution in [0.2, 0.25) is 0 Å². The van der Waals surface area contributed by atoms with E-state index in [1.807, 2.05) is 7.05 Å². The second kappa shape index (κ2) is 11.0. The van der Waals surface area contributed by atoms with Crippen molar-refractivity contribution in [2.45, 2.75) is 35.8 Å². The zero-order valence-electron chi connectivity index (χ0n) is 17.3. The number of hydrogen-bond acceptors (Lipinski definition) is 8. The van der Waals surface area contributed by atoms with Crippen molar-refractivity contribution in [3.05, 3.63) is 28.3 Å². The largest absolute Gasteiger partial charge is 0.370 e. The molecule has 1 fully saturated rings. The number of hydrogen-bond donors (Lipinski definition) is 1. The van der Waals surface area contributed by atoms with E-state index in [0.29, 0.717) is 43.4 Å². The second-order valence-corrected chi connectivity index (χ2v) is 12.2. The number of nitro benzene ring substituents is 1. The van der Waals surface area contributed by atoms with Gasteiger partial charge in [0.1, 0.15) is 0 Å². The lowest BCUT2D eigenvalue weighted by molar-refractivity contribution is -0.385. The van der Waals surface area contributed by atoms with Crippen LogP contribution in [0.25, 0.3) is 0 Å². The fourth-order valence-electron chi connectivity index (χ4n) is 3.70. The molecule has 176 valence electrons. The Morgan fingerprint density at radius 1 is 1.23 bits per heavy atom. The normalized spacial score (nSPS) is 18.5. The van der Waals surface area contributed by atoms with Crippen LogP contribution >= 0.6 is 15.9 Å². The van der Waals surface area contributed by atoms with Gasteiger partial charge in [-0.2, -0.15) is 8.42 Å². The molecule has 1 aliphatic heterocycles. The summed E-state index contributed by atoms with van der Waals surface area (Å²) in [6.07, 6.45) is 1.69. The minimum absolute atomic E-state index is 0.0799. The van der Waals surface area contributed by atoms with Crippen LogP contribution in [0.5, 0.6) is 0 Å². The lowest BCUT2D eigenvalue weighted by Crippen LogP contribution is -2.31. The molecule has 1 aromatic carbocycles. The molecular weight excluding hydrogens is 514 g/mol. The van der Waals surface area contributed by atoms with Crippen molar-refractivity contribution in [1.29, 1.82) is 0 Å². The van der Waals surface area contributed by atoms with E-state index in [4.69, 9.17) is 4.55 Å². The Bertz CT molecular complexity index is 986. The standard InChI is InChI=1S/C18H28BrN3O7S2/c1-20-9-2-4-16(7-11-20)31(28,29)18-14-15(22(23)24)5-6-17(18)21(12-8-19)10-3-13-30(25,26)27/h5-6,14,16H,2-4,7-13H2,1H3,(H,25,26,27). The number of nitrogens with zero attached hydrogens (tertiary/aromatic N) is 3. The third-order valence-corrected chi connectivity index (χ3v) is 8.77. The van der Waals surface area contributed by atoms with Gasteiger partial charge in [-0.05, 0) is 51.9 Å². The van der Waals surface area contributed by atoms with E-state index in [1.165, 1.54) is 12.1 Å². The van der Waals surface area contributed by atoms with Crippen LogP contribution in [0, 0.1) is 10.1 Å². The molecule has 0 aromatic heterocycles. The van der Waals surface area contributed by atoms with Crippen LogP contribution in [0.1, 0.15) is 25.7 Å². The molecule has 0 aliphatic carbocycles. The van der Waals surface area contributed by atoms with E-state index < -0.39 is 35.9 Å². The molecule has 0 radical (unpaired) electrons. The molecule has 10 nitrogen and oxygen atoms in total. The zero-order chi connectivity index (χ0) is 23.2. The first kappa shape index (κ1) is 26.0. The van der Waals surface area contributed by atoms with E-state index in [2.05, 4.69) is 20.8 Å². The molecule has 1 aromatic rings. The Hall–Kier alpha value is -1.28. The fraction of sp³-hybridized carbons (Fsp3) is 0.667. The number of rotatable bonds is 10. The van der Waals surface area contributed by atoms with Crippen molar-refractivity contribution in [2.75, 3.05) is 49.2 Å². The SMILES string of the molecule is CN1CCCC(S(=O)(=O)c2cc([N+](=O)[O-])ccc2N(CCBr)CCCS(=O)(=O)O)CC1. The Morgan fingerprint density at radius 2 is 1.94 bits per heavy atom. The highest BCUT2D eigenvalue weighted by Crippen LogP contribution is 2.34. The lowest BCUT2D eigenvalue weighted by atomic mass is 10.2. The molecule has 2 rings (SSSR count). The number of nitro groups is 1. The first-order chi connectivity index (χ1) is 14.5. The molecule has 1 N–H and O–H groups in total. The maximum absolute atomic E-state index is 13.6. The molecule has 1 atom stereocenters. The van der Waals surface area contributed by atoms with E-state index >= 15 is 0 Å². The number of alkyl halides is 1. The first-order valence-corrected chi connectivity index (χ1v) is 14.2. The Labute approximate surface area is 191 Å². The van der Waals surface area contributed by atoms with Gasteiger partial charge in [-0.3, -0.25) is 14.7 Å².